The summed E-state index contributed by atoms with van der Waals surface area (Å²) >= 11 is 0. The summed E-state index contributed by atoms with van der Waals surface area (Å²) in [6, 6.07) is 5.46. The van der Waals surface area contributed by atoms with E-state index in [-0.39, 0.29) is 0 Å². The zero-order chi connectivity index (χ0) is 18.2. The van der Waals surface area contributed by atoms with Crippen LogP contribution in [0.25, 0.3) is 0 Å². The van der Waals surface area contributed by atoms with Gasteiger partial charge in [0.1, 0.15) is 5.60 Å². The van der Waals surface area contributed by atoms with E-state index < -0.39 is 11.7 Å². The first kappa shape index (κ1) is 19.8. The quantitative estimate of drug-likeness (QED) is 0.604. The highest BCUT2D eigenvalue weighted by Gasteiger charge is 2.15. The van der Waals surface area contributed by atoms with Crippen molar-refractivity contribution in [2.75, 3.05) is 13.7 Å². The van der Waals surface area contributed by atoms with E-state index >= 15 is 0 Å². The molecule has 6 heteroatoms. The monoisotopic (exact) mass is 336 g/mol. The molecule has 1 aromatic carbocycles. The molecule has 1 amide bonds. The maximum absolute atomic E-state index is 11.5. The van der Waals surface area contributed by atoms with Gasteiger partial charge in [0.15, 0.2) is 11.5 Å². The van der Waals surface area contributed by atoms with Crippen molar-refractivity contribution >= 4 is 12.3 Å². The third-order valence-corrected chi connectivity index (χ3v) is 2.91. The molecule has 0 saturated heterocycles. The van der Waals surface area contributed by atoms with Crippen LogP contribution in [0.15, 0.2) is 23.3 Å². The predicted molar refractivity (Wildman–Crippen MR) is 94.9 cm³/mol. The molecule has 0 aromatic heterocycles. The minimum atomic E-state index is -0.598. The van der Waals surface area contributed by atoms with Gasteiger partial charge in [0.25, 0.3) is 0 Å². The van der Waals surface area contributed by atoms with Crippen LogP contribution in [0.3, 0.4) is 0 Å². The van der Waals surface area contributed by atoms with E-state index in [9.17, 15) is 4.79 Å². The molecule has 0 saturated carbocycles. The van der Waals surface area contributed by atoms with Gasteiger partial charge >= 0.3 is 6.09 Å². The van der Waals surface area contributed by atoms with Gasteiger partial charge < -0.3 is 14.2 Å². The molecule has 134 valence electrons. The molecule has 24 heavy (non-hydrogen) atoms. The Morgan fingerprint density at radius 3 is 2.58 bits per heavy atom. The second-order valence-electron chi connectivity index (χ2n) is 6.81. The SMILES string of the molecule is COc1cc(/C=N\NC(=O)OC(C)(C)C)ccc1OCCC(C)C. The molecule has 1 rings (SSSR count). The third-order valence-electron chi connectivity index (χ3n) is 2.91. The summed E-state index contributed by atoms with van der Waals surface area (Å²) in [6.45, 7) is 10.3. The molecule has 0 aliphatic heterocycles. The van der Waals surface area contributed by atoms with Gasteiger partial charge in [-0.05, 0) is 56.9 Å². The number of hydrogen-bond acceptors (Lipinski definition) is 5. The van der Waals surface area contributed by atoms with Gasteiger partial charge in [-0.3, -0.25) is 0 Å². The smallest absolute Gasteiger partial charge is 0.428 e. The Bertz CT molecular complexity index is 563. The highest BCUT2D eigenvalue weighted by Crippen LogP contribution is 2.27. The number of nitrogens with zero attached hydrogens (tertiary/aromatic N) is 1. The lowest BCUT2D eigenvalue weighted by Crippen LogP contribution is -2.29. The van der Waals surface area contributed by atoms with Crippen LogP contribution in [0, 0.1) is 5.92 Å². The van der Waals surface area contributed by atoms with Crippen LogP contribution in [0.5, 0.6) is 11.5 Å². The Morgan fingerprint density at radius 2 is 2.00 bits per heavy atom. The minimum absolute atomic E-state index is 0.558. The molecular weight excluding hydrogens is 308 g/mol. The van der Waals surface area contributed by atoms with Crippen LogP contribution in [0.2, 0.25) is 0 Å². The Morgan fingerprint density at radius 1 is 1.29 bits per heavy atom. The van der Waals surface area contributed by atoms with Crippen molar-refractivity contribution in [1.29, 1.82) is 0 Å². The van der Waals surface area contributed by atoms with E-state index in [1.54, 1.807) is 33.9 Å². The summed E-state index contributed by atoms with van der Waals surface area (Å²) in [5.41, 5.74) is 2.54. The van der Waals surface area contributed by atoms with Crippen LogP contribution >= 0.6 is 0 Å². The lowest BCUT2D eigenvalue weighted by Gasteiger charge is -2.18. The third kappa shape index (κ3) is 7.85. The topological polar surface area (TPSA) is 69.2 Å². The second kappa shape index (κ2) is 9.15. The van der Waals surface area contributed by atoms with Gasteiger partial charge in [0.05, 0.1) is 19.9 Å². The van der Waals surface area contributed by atoms with E-state index in [0.717, 1.165) is 12.0 Å². The molecule has 0 atom stereocenters. The molecule has 0 aliphatic rings. The Kier molecular flexibility index (Phi) is 7.55. The molecule has 6 nitrogen and oxygen atoms in total. The number of benzene rings is 1. The Hall–Kier alpha value is -2.24. The lowest BCUT2D eigenvalue weighted by molar-refractivity contribution is 0.0529. The molecule has 0 aliphatic carbocycles. The summed E-state index contributed by atoms with van der Waals surface area (Å²) in [5, 5.41) is 3.87. The van der Waals surface area contributed by atoms with Crippen LogP contribution < -0.4 is 14.9 Å². The van der Waals surface area contributed by atoms with E-state index in [4.69, 9.17) is 14.2 Å². The van der Waals surface area contributed by atoms with Gasteiger partial charge in [-0.2, -0.15) is 5.10 Å². The Balaban J connectivity index is 2.63. The fraction of sp³-hybridized carbons (Fsp3) is 0.556. The van der Waals surface area contributed by atoms with Gasteiger partial charge in [0.2, 0.25) is 0 Å². The highest BCUT2D eigenvalue weighted by atomic mass is 16.6. The predicted octanol–water partition coefficient (Wildman–Crippen LogP) is 3.98. The lowest BCUT2D eigenvalue weighted by atomic mass is 10.1. The van der Waals surface area contributed by atoms with Crippen molar-refractivity contribution in [3.63, 3.8) is 0 Å². The van der Waals surface area contributed by atoms with Crippen molar-refractivity contribution in [2.24, 2.45) is 11.0 Å². The first-order valence-electron chi connectivity index (χ1n) is 8.04. The normalized spacial score (nSPS) is 11.6. The van der Waals surface area contributed by atoms with Gasteiger partial charge in [0, 0.05) is 0 Å². The molecular formula is C18H28N2O4. The molecule has 0 heterocycles. The molecule has 1 N–H and O–H groups in total. The van der Waals surface area contributed by atoms with Gasteiger partial charge in [-0.1, -0.05) is 13.8 Å². The number of methoxy groups -OCH3 is 1. The van der Waals surface area contributed by atoms with Gasteiger partial charge in [-0.25, -0.2) is 10.2 Å². The molecule has 0 bridgehead atoms. The first-order chi connectivity index (χ1) is 11.2. The number of hydrazone groups is 1. The second-order valence-corrected chi connectivity index (χ2v) is 6.81. The number of carbonyl (C=O) groups is 1. The molecule has 0 unspecified atom stereocenters. The average molecular weight is 336 g/mol. The van der Waals surface area contributed by atoms with Crippen LogP contribution in [0.1, 0.15) is 46.6 Å². The van der Waals surface area contributed by atoms with Crippen molar-refractivity contribution < 1.29 is 19.0 Å². The molecule has 0 radical (unpaired) electrons. The zero-order valence-corrected chi connectivity index (χ0v) is 15.4. The Labute approximate surface area is 144 Å². The number of amides is 1. The molecule has 1 aromatic rings. The van der Waals surface area contributed by atoms with Gasteiger partial charge in [-0.15, -0.1) is 0 Å². The van der Waals surface area contributed by atoms with E-state index in [2.05, 4.69) is 24.4 Å². The summed E-state index contributed by atoms with van der Waals surface area (Å²) in [7, 11) is 1.59. The fourth-order valence-corrected chi connectivity index (χ4v) is 1.75. The number of carbonyl (C=O) groups excluding carboxylic acids is 1. The minimum Gasteiger partial charge on any atom is -0.493 e. The maximum atomic E-state index is 11.5. The molecule has 0 fully saturated rings. The zero-order valence-electron chi connectivity index (χ0n) is 15.4. The van der Waals surface area contributed by atoms with Crippen molar-refractivity contribution in [3.05, 3.63) is 23.8 Å². The summed E-state index contributed by atoms with van der Waals surface area (Å²) < 4.78 is 16.2. The molecule has 0 spiro atoms. The van der Waals surface area contributed by atoms with Crippen molar-refractivity contribution in [2.45, 2.75) is 46.6 Å². The number of hydrogen-bond donors (Lipinski definition) is 1. The summed E-state index contributed by atoms with van der Waals surface area (Å²) in [5.74, 6) is 1.90. The van der Waals surface area contributed by atoms with E-state index in [1.807, 2.05) is 12.1 Å². The largest absolute Gasteiger partial charge is 0.493 e. The number of rotatable bonds is 7. The average Bonchev–Trinajstić information content (AvgIpc) is 2.46. The van der Waals surface area contributed by atoms with E-state index in [1.165, 1.54) is 6.21 Å². The highest BCUT2D eigenvalue weighted by molar-refractivity contribution is 5.82. The maximum Gasteiger partial charge on any atom is 0.428 e. The van der Waals surface area contributed by atoms with Crippen molar-refractivity contribution in [3.8, 4) is 11.5 Å². The van der Waals surface area contributed by atoms with Crippen LogP contribution in [-0.4, -0.2) is 31.6 Å². The van der Waals surface area contributed by atoms with Crippen LogP contribution in [-0.2, 0) is 4.74 Å². The number of nitrogens with one attached hydrogen (secondary N) is 1. The first-order valence-corrected chi connectivity index (χ1v) is 8.04. The van der Waals surface area contributed by atoms with Crippen LogP contribution in [0.4, 0.5) is 4.79 Å². The van der Waals surface area contributed by atoms with E-state index in [0.29, 0.717) is 24.0 Å². The van der Waals surface area contributed by atoms with Crippen molar-refractivity contribution in [1.82, 2.24) is 5.43 Å². The fourth-order valence-electron chi connectivity index (χ4n) is 1.75. The standard InChI is InChI=1S/C18H28N2O4/c1-13(2)9-10-23-15-8-7-14(11-16(15)22-6)12-19-20-17(21)24-18(3,4)5/h7-8,11-13H,9-10H2,1-6H3,(H,20,21)/b19-12-. The number of ether oxygens (including phenoxy) is 3. The summed E-state index contributed by atoms with van der Waals surface area (Å²) in [6.07, 6.45) is 1.90. The summed E-state index contributed by atoms with van der Waals surface area (Å²) in [4.78, 5) is 11.5.